The Kier molecular flexibility index (Phi) is 5.07. The molecule has 1 aromatic heterocycles. The molecule has 7 heteroatoms. The molecule has 0 aliphatic heterocycles. The zero-order valence-electron chi connectivity index (χ0n) is 14.5. The number of hydrogen-bond acceptors (Lipinski definition) is 5. The Bertz CT molecular complexity index is 962. The zero-order valence-corrected chi connectivity index (χ0v) is 14.5. The lowest BCUT2D eigenvalue weighted by Gasteiger charge is -2.07. The molecule has 0 unspecified atom stereocenters. The van der Waals surface area contributed by atoms with Crippen LogP contribution in [0.15, 0.2) is 53.3 Å². The highest BCUT2D eigenvalue weighted by Crippen LogP contribution is 2.16. The van der Waals surface area contributed by atoms with E-state index in [-0.39, 0.29) is 17.4 Å². The molecule has 3 aromatic rings. The van der Waals surface area contributed by atoms with Gasteiger partial charge in [0.1, 0.15) is 5.69 Å². The van der Waals surface area contributed by atoms with Gasteiger partial charge >= 0.3 is 0 Å². The van der Waals surface area contributed by atoms with Crippen LogP contribution in [0.1, 0.15) is 23.7 Å². The fraction of sp³-hybridized carbons (Fsp3) is 0.158. The van der Waals surface area contributed by atoms with Gasteiger partial charge in [0.15, 0.2) is 0 Å². The maximum Gasteiger partial charge on any atom is 0.274 e. The SMILES string of the molecule is CC(=O)Nc1ccc(Nc2nnc(Cc3ccc(C)cc3)c(=O)[nH]2)cc1. The topological polar surface area (TPSA) is 99.8 Å². The lowest BCUT2D eigenvalue weighted by atomic mass is 10.1. The summed E-state index contributed by atoms with van der Waals surface area (Å²) in [5.74, 6) is 0.125. The summed E-state index contributed by atoms with van der Waals surface area (Å²) in [6.45, 7) is 3.46. The molecule has 0 aliphatic carbocycles. The van der Waals surface area contributed by atoms with Crippen molar-refractivity contribution in [3.8, 4) is 0 Å². The minimum absolute atomic E-state index is 0.134. The van der Waals surface area contributed by atoms with Crippen LogP contribution in [0.4, 0.5) is 17.3 Å². The summed E-state index contributed by atoms with van der Waals surface area (Å²) in [6, 6.07) is 15.0. The number of amides is 1. The summed E-state index contributed by atoms with van der Waals surface area (Å²) in [4.78, 5) is 25.9. The second-order valence-corrected chi connectivity index (χ2v) is 6.00. The number of aromatic amines is 1. The monoisotopic (exact) mass is 349 g/mol. The largest absolute Gasteiger partial charge is 0.326 e. The quantitative estimate of drug-likeness (QED) is 0.658. The number of nitrogens with zero attached hydrogens (tertiary/aromatic N) is 2. The van der Waals surface area contributed by atoms with Crippen LogP contribution in [0, 0.1) is 6.92 Å². The van der Waals surface area contributed by atoms with E-state index in [9.17, 15) is 9.59 Å². The highest BCUT2D eigenvalue weighted by molar-refractivity contribution is 5.88. The lowest BCUT2D eigenvalue weighted by Crippen LogP contribution is -2.18. The first-order chi connectivity index (χ1) is 12.5. The molecule has 0 saturated heterocycles. The molecule has 0 bridgehead atoms. The Balaban J connectivity index is 1.70. The molecule has 2 aromatic carbocycles. The number of carbonyl (C=O) groups excluding carboxylic acids is 1. The first-order valence-electron chi connectivity index (χ1n) is 8.16. The van der Waals surface area contributed by atoms with Crippen molar-refractivity contribution in [1.29, 1.82) is 0 Å². The molecule has 0 spiro atoms. The minimum Gasteiger partial charge on any atom is -0.326 e. The van der Waals surface area contributed by atoms with Gasteiger partial charge in [0.25, 0.3) is 5.56 Å². The van der Waals surface area contributed by atoms with E-state index in [0.29, 0.717) is 17.8 Å². The highest BCUT2D eigenvalue weighted by Gasteiger charge is 2.07. The maximum atomic E-state index is 12.2. The third-order valence-corrected chi connectivity index (χ3v) is 3.72. The van der Waals surface area contributed by atoms with Gasteiger partial charge in [0.2, 0.25) is 11.9 Å². The van der Waals surface area contributed by atoms with Crippen LogP contribution >= 0.6 is 0 Å². The Hall–Kier alpha value is -3.48. The molecule has 1 amide bonds. The molecule has 0 fully saturated rings. The van der Waals surface area contributed by atoms with Crippen molar-refractivity contribution in [2.24, 2.45) is 0 Å². The molecule has 0 radical (unpaired) electrons. The van der Waals surface area contributed by atoms with Crippen molar-refractivity contribution in [1.82, 2.24) is 15.2 Å². The van der Waals surface area contributed by atoms with Gasteiger partial charge in [-0.3, -0.25) is 14.6 Å². The summed E-state index contributed by atoms with van der Waals surface area (Å²) in [5.41, 5.74) is 3.66. The summed E-state index contributed by atoms with van der Waals surface area (Å²) in [7, 11) is 0. The normalized spacial score (nSPS) is 10.4. The fourth-order valence-corrected chi connectivity index (χ4v) is 2.41. The number of aromatic nitrogens is 3. The van der Waals surface area contributed by atoms with E-state index in [0.717, 1.165) is 16.8 Å². The van der Waals surface area contributed by atoms with Crippen LogP contribution in [0.5, 0.6) is 0 Å². The number of carbonyl (C=O) groups is 1. The van der Waals surface area contributed by atoms with E-state index in [1.807, 2.05) is 31.2 Å². The van der Waals surface area contributed by atoms with E-state index in [2.05, 4.69) is 25.8 Å². The number of benzene rings is 2. The van der Waals surface area contributed by atoms with E-state index in [1.165, 1.54) is 6.92 Å². The van der Waals surface area contributed by atoms with Gasteiger partial charge in [-0.2, -0.15) is 0 Å². The molecule has 1 heterocycles. The molecule has 0 atom stereocenters. The summed E-state index contributed by atoms with van der Waals surface area (Å²) >= 11 is 0. The zero-order chi connectivity index (χ0) is 18.5. The standard InChI is InChI=1S/C19H19N5O2/c1-12-3-5-14(6-4-12)11-17-18(26)22-19(24-23-17)21-16-9-7-15(8-10-16)20-13(2)25/h3-10H,11H2,1-2H3,(H,20,25)(H2,21,22,24,26). The second-order valence-electron chi connectivity index (χ2n) is 6.00. The van der Waals surface area contributed by atoms with Crippen molar-refractivity contribution in [3.63, 3.8) is 0 Å². The molecular formula is C19H19N5O2. The third-order valence-electron chi connectivity index (χ3n) is 3.72. The van der Waals surface area contributed by atoms with Crippen LogP contribution in [0.3, 0.4) is 0 Å². The highest BCUT2D eigenvalue weighted by atomic mass is 16.1. The lowest BCUT2D eigenvalue weighted by molar-refractivity contribution is -0.114. The number of H-pyrrole nitrogens is 1. The molecule has 0 aliphatic rings. The molecule has 132 valence electrons. The van der Waals surface area contributed by atoms with Crippen molar-refractivity contribution < 1.29 is 4.79 Å². The Morgan fingerprint density at radius 1 is 1.00 bits per heavy atom. The van der Waals surface area contributed by atoms with Gasteiger partial charge < -0.3 is 10.6 Å². The van der Waals surface area contributed by atoms with Crippen LogP contribution in [-0.4, -0.2) is 21.1 Å². The first-order valence-corrected chi connectivity index (χ1v) is 8.16. The molecule has 3 N–H and O–H groups in total. The fourth-order valence-electron chi connectivity index (χ4n) is 2.41. The first kappa shape index (κ1) is 17.3. The van der Waals surface area contributed by atoms with Gasteiger partial charge in [-0.05, 0) is 36.8 Å². The van der Waals surface area contributed by atoms with Gasteiger partial charge in [0, 0.05) is 24.7 Å². The van der Waals surface area contributed by atoms with Crippen molar-refractivity contribution in [2.75, 3.05) is 10.6 Å². The third kappa shape index (κ3) is 4.54. The number of anilines is 3. The molecular weight excluding hydrogens is 330 g/mol. The Morgan fingerprint density at radius 2 is 1.65 bits per heavy atom. The van der Waals surface area contributed by atoms with Crippen molar-refractivity contribution in [3.05, 3.63) is 75.7 Å². The van der Waals surface area contributed by atoms with E-state index < -0.39 is 0 Å². The smallest absolute Gasteiger partial charge is 0.274 e. The van der Waals surface area contributed by atoms with E-state index in [4.69, 9.17) is 0 Å². The number of nitrogens with one attached hydrogen (secondary N) is 3. The molecule has 3 rings (SSSR count). The maximum absolute atomic E-state index is 12.2. The van der Waals surface area contributed by atoms with Gasteiger partial charge in [-0.25, -0.2) is 0 Å². The molecule has 7 nitrogen and oxygen atoms in total. The summed E-state index contributed by atoms with van der Waals surface area (Å²) in [5, 5.41) is 13.7. The number of hydrogen-bond donors (Lipinski definition) is 3. The summed E-state index contributed by atoms with van der Waals surface area (Å²) < 4.78 is 0. The van der Waals surface area contributed by atoms with Crippen molar-refractivity contribution in [2.45, 2.75) is 20.3 Å². The average molecular weight is 349 g/mol. The molecule has 26 heavy (non-hydrogen) atoms. The summed E-state index contributed by atoms with van der Waals surface area (Å²) in [6.07, 6.45) is 0.425. The average Bonchev–Trinajstić information content (AvgIpc) is 2.60. The predicted octanol–water partition coefficient (Wildman–Crippen LogP) is 2.77. The number of rotatable bonds is 5. The van der Waals surface area contributed by atoms with Crippen LogP contribution < -0.4 is 16.2 Å². The van der Waals surface area contributed by atoms with Crippen LogP contribution in [-0.2, 0) is 11.2 Å². The van der Waals surface area contributed by atoms with E-state index in [1.54, 1.807) is 24.3 Å². The van der Waals surface area contributed by atoms with Gasteiger partial charge in [-0.1, -0.05) is 29.8 Å². The Morgan fingerprint density at radius 3 is 2.27 bits per heavy atom. The van der Waals surface area contributed by atoms with Crippen LogP contribution in [0.25, 0.3) is 0 Å². The Labute approximate surface area is 150 Å². The second kappa shape index (κ2) is 7.60. The number of aryl methyl sites for hydroxylation is 1. The van der Waals surface area contributed by atoms with E-state index >= 15 is 0 Å². The van der Waals surface area contributed by atoms with Gasteiger partial charge in [0.05, 0.1) is 0 Å². The van der Waals surface area contributed by atoms with Gasteiger partial charge in [-0.15, -0.1) is 10.2 Å². The van der Waals surface area contributed by atoms with Crippen molar-refractivity contribution >= 4 is 23.2 Å². The van der Waals surface area contributed by atoms with Crippen LogP contribution in [0.2, 0.25) is 0 Å². The minimum atomic E-state index is -0.280. The molecule has 0 saturated carbocycles. The predicted molar refractivity (Wildman–Crippen MR) is 101 cm³/mol.